The van der Waals surface area contributed by atoms with Gasteiger partial charge in [0.15, 0.2) is 0 Å². The van der Waals surface area contributed by atoms with Gasteiger partial charge in [-0.1, -0.05) is 0 Å². The Bertz CT molecular complexity index is 450. The first kappa shape index (κ1) is 10.8. The van der Waals surface area contributed by atoms with E-state index < -0.39 is 11.5 Å². The van der Waals surface area contributed by atoms with Crippen LogP contribution in [0.2, 0.25) is 0 Å². The molecule has 0 saturated heterocycles. The highest BCUT2D eigenvalue weighted by atomic mass is 16.5. The quantitative estimate of drug-likeness (QED) is 0.755. The predicted molar refractivity (Wildman–Crippen MR) is 54.2 cm³/mol. The zero-order chi connectivity index (χ0) is 11.5. The third-order valence-electron chi connectivity index (χ3n) is 2.37. The zero-order valence-electron chi connectivity index (χ0n) is 8.60. The third-order valence-corrected chi connectivity index (χ3v) is 2.37. The summed E-state index contributed by atoms with van der Waals surface area (Å²) in [6.45, 7) is 0.885. The second-order valence-corrected chi connectivity index (χ2v) is 3.84. The summed E-state index contributed by atoms with van der Waals surface area (Å²) >= 11 is 0. The van der Waals surface area contributed by atoms with Gasteiger partial charge in [0.1, 0.15) is 18.0 Å². The SMILES string of the molecule is O=C(O)c1cnc(COCC2CC2)[nH]c1=O. The highest BCUT2D eigenvalue weighted by Gasteiger charge is 2.21. The Morgan fingerprint density at radius 2 is 2.38 bits per heavy atom. The van der Waals surface area contributed by atoms with Gasteiger partial charge in [-0.2, -0.15) is 0 Å². The summed E-state index contributed by atoms with van der Waals surface area (Å²) in [6.07, 6.45) is 3.45. The highest BCUT2D eigenvalue weighted by Crippen LogP contribution is 2.28. The van der Waals surface area contributed by atoms with E-state index in [0.29, 0.717) is 18.3 Å². The Morgan fingerprint density at radius 1 is 1.62 bits per heavy atom. The lowest BCUT2D eigenvalue weighted by Gasteiger charge is -2.02. The number of nitrogens with zero attached hydrogens (tertiary/aromatic N) is 1. The summed E-state index contributed by atoms with van der Waals surface area (Å²) in [6, 6.07) is 0. The average Bonchev–Trinajstić information content (AvgIpc) is 3.01. The van der Waals surface area contributed by atoms with Gasteiger partial charge in [0.05, 0.1) is 0 Å². The summed E-state index contributed by atoms with van der Waals surface area (Å²) < 4.78 is 5.32. The Balaban J connectivity index is 1.96. The Morgan fingerprint density at radius 3 is 2.94 bits per heavy atom. The lowest BCUT2D eigenvalue weighted by Crippen LogP contribution is -2.20. The van der Waals surface area contributed by atoms with Gasteiger partial charge in [0.2, 0.25) is 0 Å². The number of ether oxygens (including phenoxy) is 1. The molecule has 0 radical (unpaired) electrons. The fourth-order valence-corrected chi connectivity index (χ4v) is 1.26. The molecule has 2 rings (SSSR count). The molecule has 0 atom stereocenters. The summed E-state index contributed by atoms with van der Waals surface area (Å²) in [4.78, 5) is 28.0. The Labute approximate surface area is 91.3 Å². The number of carboxylic acids is 1. The van der Waals surface area contributed by atoms with E-state index in [4.69, 9.17) is 9.84 Å². The standard InChI is InChI=1S/C10H12N2O4/c13-9-7(10(14)15)3-11-8(12-9)5-16-4-6-1-2-6/h3,6H,1-2,4-5H2,(H,14,15)(H,11,12,13). The minimum atomic E-state index is -1.28. The topological polar surface area (TPSA) is 92.3 Å². The van der Waals surface area contributed by atoms with Crippen LogP contribution in [0.3, 0.4) is 0 Å². The van der Waals surface area contributed by atoms with Crippen LogP contribution in [0, 0.1) is 5.92 Å². The van der Waals surface area contributed by atoms with Crippen molar-refractivity contribution in [3.63, 3.8) is 0 Å². The second kappa shape index (κ2) is 4.44. The molecule has 1 heterocycles. The molecule has 0 aromatic carbocycles. The van der Waals surface area contributed by atoms with Crippen molar-refractivity contribution in [3.8, 4) is 0 Å². The van der Waals surface area contributed by atoms with Crippen molar-refractivity contribution in [1.29, 1.82) is 0 Å². The number of nitrogens with one attached hydrogen (secondary N) is 1. The van der Waals surface area contributed by atoms with Crippen LogP contribution in [-0.2, 0) is 11.3 Å². The van der Waals surface area contributed by atoms with Gasteiger partial charge in [-0.25, -0.2) is 9.78 Å². The number of hydrogen-bond donors (Lipinski definition) is 2. The van der Waals surface area contributed by atoms with Gasteiger partial charge in [-0.3, -0.25) is 4.79 Å². The van der Waals surface area contributed by atoms with Crippen molar-refractivity contribution in [2.45, 2.75) is 19.4 Å². The van der Waals surface area contributed by atoms with Crippen molar-refractivity contribution in [1.82, 2.24) is 9.97 Å². The molecule has 1 aromatic heterocycles. The number of carbonyl (C=O) groups is 1. The van der Waals surface area contributed by atoms with Crippen LogP contribution in [0.4, 0.5) is 0 Å². The number of aromatic amines is 1. The van der Waals surface area contributed by atoms with E-state index in [-0.39, 0.29) is 12.2 Å². The molecule has 0 amide bonds. The Kier molecular flexibility index (Phi) is 3.00. The number of aromatic carboxylic acids is 1. The average molecular weight is 224 g/mol. The predicted octanol–water partition coefficient (Wildman–Crippen LogP) is 0.395. The smallest absolute Gasteiger partial charge is 0.342 e. The molecule has 0 unspecified atom stereocenters. The third kappa shape index (κ3) is 2.66. The molecule has 6 heteroatoms. The van der Waals surface area contributed by atoms with Gasteiger partial charge in [0, 0.05) is 12.8 Å². The summed E-state index contributed by atoms with van der Waals surface area (Å²) in [7, 11) is 0. The molecule has 0 bridgehead atoms. The number of aromatic nitrogens is 2. The lowest BCUT2D eigenvalue weighted by atomic mass is 10.3. The Hall–Kier alpha value is -1.69. The molecule has 1 aliphatic carbocycles. The first-order chi connectivity index (χ1) is 7.66. The van der Waals surface area contributed by atoms with Crippen LogP contribution in [0.25, 0.3) is 0 Å². The summed E-state index contributed by atoms with van der Waals surface area (Å²) in [5, 5.41) is 8.62. The number of rotatable bonds is 5. The van der Waals surface area contributed by atoms with Crippen LogP contribution in [-0.4, -0.2) is 27.7 Å². The van der Waals surface area contributed by atoms with E-state index in [1.54, 1.807) is 0 Å². The van der Waals surface area contributed by atoms with Gasteiger partial charge in [-0.15, -0.1) is 0 Å². The molecule has 0 aliphatic heterocycles. The maximum atomic E-state index is 11.3. The van der Waals surface area contributed by atoms with Gasteiger partial charge in [-0.05, 0) is 18.8 Å². The zero-order valence-corrected chi connectivity index (χ0v) is 8.60. The number of H-pyrrole nitrogens is 1. The van der Waals surface area contributed by atoms with E-state index in [9.17, 15) is 9.59 Å². The molecule has 0 spiro atoms. The molecule has 1 saturated carbocycles. The van der Waals surface area contributed by atoms with Gasteiger partial charge < -0.3 is 14.8 Å². The van der Waals surface area contributed by atoms with Crippen LogP contribution in [0.15, 0.2) is 11.0 Å². The highest BCUT2D eigenvalue weighted by molar-refractivity contribution is 5.86. The van der Waals surface area contributed by atoms with Gasteiger partial charge in [0.25, 0.3) is 5.56 Å². The maximum absolute atomic E-state index is 11.3. The minimum Gasteiger partial charge on any atom is -0.477 e. The van der Waals surface area contributed by atoms with Crippen LogP contribution in [0.1, 0.15) is 29.0 Å². The molecule has 2 N–H and O–H groups in total. The minimum absolute atomic E-state index is 0.214. The summed E-state index contributed by atoms with van der Waals surface area (Å²) in [5.41, 5.74) is -1.00. The first-order valence-corrected chi connectivity index (χ1v) is 5.06. The number of hydrogen-bond acceptors (Lipinski definition) is 4. The summed E-state index contributed by atoms with van der Waals surface area (Å²) in [5.74, 6) is -0.278. The van der Waals surface area contributed by atoms with Crippen molar-refractivity contribution in [2.75, 3.05) is 6.61 Å². The molecular weight excluding hydrogens is 212 g/mol. The largest absolute Gasteiger partial charge is 0.477 e. The van der Waals surface area contributed by atoms with E-state index in [2.05, 4.69) is 9.97 Å². The number of carboxylic acid groups (broad SMARTS) is 1. The molecule has 86 valence electrons. The van der Waals surface area contributed by atoms with Crippen LogP contribution < -0.4 is 5.56 Å². The van der Waals surface area contributed by atoms with Crippen molar-refractivity contribution >= 4 is 5.97 Å². The van der Waals surface area contributed by atoms with E-state index >= 15 is 0 Å². The molecule has 1 aliphatic rings. The molecular formula is C10H12N2O4. The van der Waals surface area contributed by atoms with Crippen molar-refractivity contribution in [3.05, 3.63) is 27.9 Å². The normalized spacial score (nSPS) is 15.0. The molecule has 16 heavy (non-hydrogen) atoms. The van der Waals surface area contributed by atoms with Crippen LogP contribution in [0.5, 0.6) is 0 Å². The van der Waals surface area contributed by atoms with E-state index in [1.807, 2.05) is 0 Å². The van der Waals surface area contributed by atoms with Crippen molar-refractivity contribution < 1.29 is 14.6 Å². The fourth-order valence-electron chi connectivity index (χ4n) is 1.26. The molecule has 1 fully saturated rings. The van der Waals surface area contributed by atoms with Gasteiger partial charge >= 0.3 is 5.97 Å². The fraction of sp³-hybridized carbons (Fsp3) is 0.500. The second-order valence-electron chi connectivity index (χ2n) is 3.84. The van der Waals surface area contributed by atoms with E-state index in [0.717, 1.165) is 6.20 Å². The van der Waals surface area contributed by atoms with Crippen molar-refractivity contribution in [2.24, 2.45) is 5.92 Å². The maximum Gasteiger partial charge on any atom is 0.342 e. The monoisotopic (exact) mass is 224 g/mol. The van der Waals surface area contributed by atoms with E-state index in [1.165, 1.54) is 12.8 Å². The van der Waals surface area contributed by atoms with Crippen LogP contribution >= 0.6 is 0 Å². The lowest BCUT2D eigenvalue weighted by molar-refractivity contribution is 0.0693. The molecule has 6 nitrogen and oxygen atoms in total. The molecule has 1 aromatic rings. The first-order valence-electron chi connectivity index (χ1n) is 5.06.